The van der Waals surface area contributed by atoms with Crippen molar-refractivity contribution in [2.24, 2.45) is 0 Å². The third-order valence-corrected chi connectivity index (χ3v) is 25.2. The number of hydrogen-bond donors (Lipinski definition) is 2. The van der Waals surface area contributed by atoms with Crippen molar-refractivity contribution in [1.29, 1.82) is 0 Å². The van der Waals surface area contributed by atoms with Gasteiger partial charge in [-0.1, -0.05) is 0 Å². The number of carbonyl (C=O) groups is 2. The first-order valence-electron chi connectivity index (χ1n) is 14.1. The van der Waals surface area contributed by atoms with E-state index < -0.39 is 35.8 Å². The number of rotatable bonds is 8. The molecule has 2 amide bonds. The molecule has 0 bridgehead atoms. The predicted molar refractivity (Wildman–Crippen MR) is 160 cm³/mol. The van der Waals surface area contributed by atoms with E-state index in [1.807, 2.05) is 6.07 Å². The monoisotopic (exact) mass is 642 g/mol. The predicted octanol–water partition coefficient (Wildman–Crippen LogP) is 1.01. The van der Waals surface area contributed by atoms with Gasteiger partial charge < -0.3 is 24.8 Å². The fourth-order valence-electron chi connectivity index (χ4n) is 8.79. The summed E-state index contributed by atoms with van der Waals surface area (Å²) in [6.45, 7) is 28.8. The van der Waals surface area contributed by atoms with Crippen molar-refractivity contribution < 1.29 is 54.1 Å². The van der Waals surface area contributed by atoms with Gasteiger partial charge in [0.05, 0.1) is 0 Å². The molecule has 1 aliphatic rings. The summed E-state index contributed by atoms with van der Waals surface area (Å²) in [6.07, 6.45) is 0. The Kier molecular flexibility index (Phi) is 12.7. The largest absolute Gasteiger partial charge is 1.00 e. The van der Waals surface area contributed by atoms with Gasteiger partial charge >= 0.3 is 238 Å². The maximum absolute atomic E-state index is 14.2. The number of nitrogens with one attached hydrogen (secondary N) is 2. The Bertz CT molecular complexity index is 1160. The normalized spacial score (nSPS) is 14.1. The van der Waals surface area contributed by atoms with E-state index in [0.29, 0.717) is 44.4 Å². The van der Waals surface area contributed by atoms with E-state index in [4.69, 9.17) is 0 Å². The van der Waals surface area contributed by atoms with Crippen molar-refractivity contribution in [3.63, 3.8) is 0 Å². The van der Waals surface area contributed by atoms with Crippen LogP contribution in [0.5, 0.6) is 0 Å². The van der Waals surface area contributed by atoms with Gasteiger partial charge in [-0.15, -0.1) is 0 Å². The molecule has 4 nitrogen and oxygen atoms in total. The van der Waals surface area contributed by atoms with E-state index in [-0.39, 0.29) is 36.6 Å². The van der Waals surface area contributed by atoms with E-state index >= 15 is 0 Å². The van der Waals surface area contributed by atoms with Gasteiger partial charge in [0.25, 0.3) is 0 Å². The van der Waals surface area contributed by atoms with Gasteiger partial charge in [0, 0.05) is 0 Å². The van der Waals surface area contributed by atoms with Crippen LogP contribution in [-0.4, -0.2) is 28.0 Å². The molecule has 3 rings (SSSR count). The zero-order valence-corrected chi connectivity index (χ0v) is 30.9. The summed E-state index contributed by atoms with van der Waals surface area (Å²) in [7, 11) is -4.63. The Morgan fingerprint density at radius 2 is 0.872 bits per heavy atom. The van der Waals surface area contributed by atoms with Crippen LogP contribution in [0.3, 0.4) is 0 Å². The summed E-state index contributed by atoms with van der Waals surface area (Å²) in [4.78, 5) is 28.0. The minimum atomic E-state index is -2.38. The average molecular weight is 644 g/mol. The van der Waals surface area contributed by atoms with Crippen LogP contribution >= 0.6 is 0 Å². The molecule has 0 spiro atoms. The van der Waals surface area contributed by atoms with E-state index in [1.54, 1.807) is 0 Å². The van der Waals surface area contributed by atoms with Crippen molar-refractivity contribution in [3.8, 4) is 0 Å². The number of fused-ring (bicyclic) bond motifs is 3. The Hall–Kier alpha value is -0.632. The van der Waals surface area contributed by atoms with E-state index in [1.165, 1.54) is 15.8 Å². The van der Waals surface area contributed by atoms with Crippen LogP contribution in [0.15, 0.2) is 24.3 Å². The van der Waals surface area contributed by atoms with Crippen LogP contribution in [0.4, 0.5) is 0 Å². The first-order chi connectivity index (χ1) is 17.2. The second kappa shape index (κ2) is 13.6. The third kappa shape index (κ3) is 5.48. The number of benzene rings is 2. The van der Waals surface area contributed by atoms with E-state index in [2.05, 4.69) is 109 Å². The van der Waals surface area contributed by atoms with E-state index in [0.717, 1.165) is 5.39 Å². The summed E-state index contributed by atoms with van der Waals surface area (Å²) in [5.41, 5.74) is 4.06. The first-order valence-corrected chi connectivity index (χ1v) is 20.2. The Morgan fingerprint density at radius 3 is 1.26 bits per heavy atom. The molecule has 2 N–H and O–H groups in total. The first kappa shape index (κ1) is 36.4. The molecule has 1 heterocycles. The van der Waals surface area contributed by atoms with Crippen LogP contribution in [0.2, 0.25) is 33.2 Å². The zero-order valence-electron chi connectivity index (χ0n) is 25.8. The van der Waals surface area contributed by atoms with Crippen LogP contribution in [-0.2, 0) is 19.7 Å². The topological polar surface area (TPSA) is 58.2 Å². The molecule has 9 heteroatoms. The molecule has 0 aromatic heterocycles. The molecule has 39 heavy (non-hydrogen) atoms. The van der Waals surface area contributed by atoms with Crippen LogP contribution in [0, 0.1) is 0 Å². The van der Waals surface area contributed by atoms with Gasteiger partial charge in [-0.3, -0.25) is 0 Å². The standard InChI is InChI=1S/C30H50N2O2Si2.2ClH.Ti/c1-17(2)35(18(3)4,19(5)6)27-24-16-14-13-15-23(24)25(29(31)33)26(30(32)34)28(27)36(20(7)8,21(9)10)22(11)12;;;/h13-22H,1-12H3,(H4,31,32,33,34);2*1H;/q;;;+4/p-4. The van der Waals surface area contributed by atoms with Crippen molar-refractivity contribution in [2.45, 2.75) is 116 Å². The maximum atomic E-state index is 14.2. The van der Waals surface area contributed by atoms with Gasteiger partial charge in [0.15, 0.2) is 0 Å². The summed E-state index contributed by atoms with van der Waals surface area (Å²) in [5.74, 6) is -0.115. The molecule has 0 aliphatic carbocycles. The Balaban J connectivity index is 0.00000380. The molecule has 0 unspecified atom stereocenters. The number of halogens is 2. The Morgan fingerprint density at radius 1 is 0.538 bits per heavy atom. The van der Waals surface area contributed by atoms with Gasteiger partial charge in [0.2, 0.25) is 0 Å². The summed E-state index contributed by atoms with van der Waals surface area (Å²) >= 11 is -1.10. The van der Waals surface area contributed by atoms with E-state index in [9.17, 15) is 9.59 Å². The number of amides is 2. The Labute approximate surface area is 261 Å². The molecular weight excluding hydrogens is 595 g/mol. The fraction of sp³-hybridized carbons (Fsp3) is 0.600. The van der Waals surface area contributed by atoms with Crippen LogP contribution < -0.4 is 42.8 Å². The van der Waals surface area contributed by atoms with Crippen molar-refractivity contribution in [2.75, 3.05) is 0 Å². The number of carbonyl (C=O) groups excluding carboxylic acids is 2. The molecule has 0 saturated heterocycles. The quantitative estimate of drug-likeness (QED) is 0.423. The minimum Gasteiger partial charge on any atom is -1.00 e. The van der Waals surface area contributed by atoms with Gasteiger partial charge in [-0.2, -0.15) is 0 Å². The minimum absolute atomic E-state index is 0. The fourth-order valence-corrected chi connectivity index (χ4v) is 24.9. The second-order valence-corrected chi connectivity index (χ2v) is 25.7. The van der Waals surface area contributed by atoms with Gasteiger partial charge in [-0.25, -0.2) is 0 Å². The molecule has 2 aromatic rings. The van der Waals surface area contributed by atoms with Crippen molar-refractivity contribution in [1.82, 2.24) is 7.60 Å². The van der Waals surface area contributed by atoms with Crippen LogP contribution in [0.1, 0.15) is 104 Å². The van der Waals surface area contributed by atoms with Gasteiger partial charge in [0.1, 0.15) is 0 Å². The maximum Gasteiger partial charge on any atom is -1.00 e. The summed E-state index contributed by atoms with van der Waals surface area (Å²) in [6, 6.07) is 8.51. The summed E-state index contributed by atoms with van der Waals surface area (Å²) in [5, 5.41) is 5.00. The molecule has 0 saturated carbocycles. The van der Waals surface area contributed by atoms with Gasteiger partial charge in [-0.05, 0) is 0 Å². The molecule has 216 valence electrons. The SMILES string of the molecule is CC(C)[Si](c1c2c(c3ccccc3c1[Si](C(C)C)(C(C)C)C(C)C)C(=O)[NH][Ti+2][NH]C2=O)(C(C)C)C(C)C.[Cl-].[Cl-]. The molecule has 1 aliphatic heterocycles. The summed E-state index contributed by atoms with van der Waals surface area (Å²) < 4.78 is 6.28. The molecule has 0 radical (unpaired) electrons. The zero-order chi connectivity index (χ0) is 28.0. The van der Waals surface area contributed by atoms with Crippen molar-refractivity contribution in [3.05, 3.63) is 35.4 Å². The molecule has 0 fully saturated rings. The average Bonchev–Trinajstić information content (AvgIpc) is 2.92. The smallest absolute Gasteiger partial charge is 1.00 e. The molecule has 2 aromatic carbocycles. The third-order valence-electron chi connectivity index (χ3n) is 9.62. The van der Waals surface area contributed by atoms with Crippen molar-refractivity contribution >= 4 is 49.1 Å². The number of hydrogen-bond acceptors (Lipinski definition) is 2. The molecular formula is C30H48Cl2N2O2Si2Ti. The second-order valence-electron chi connectivity index (χ2n) is 12.9. The molecule has 0 atom stereocenters. The van der Waals surface area contributed by atoms with Crippen LogP contribution in [0.25, 0.3) is 10.8 Å².